The Morgan fingerprint density at radius 2 is 1.96 bits per heavy atom. The fraction of sp³-hybridized carbons (Fsp3) is 0.286. The minimum Gasteiger partial charge on any atom is -0.394 e. The van der Waals surface area contributed by atoms with Gasteiger partial charge in [-0.1, -0.05) is 41.9 Å². The molecule has 0 amide bonds. The molecule has 3 N–H and O–H groups in total. The SMILES string of the molecule is CC(C)[C@H](CO)Nc1nc(NCc2cccc(Br)c2)cc(-c2cccnc2)n1. The van der Waals surface area contributed by atoms with Crippen molar-refractivity contribution in [3.05, 3.63) is 64.9 Å². The van der Waals surface area contributed by atoms with Crippen LogP contribution in [0.4, 0.5) is 11.8 Å². The molecule has 28 heavy (non-hydrogen) atoms. The largest absolute Gasteiger partial charge is 0.394 e. The van der Waals surface area contributed by atoms with Crippen LogP contribution < -0.4 is 10.6 Å². The summed E-state index contributed by atoms with van der Waals surface area (Å²) in [5, 5.41) is 16.3. The molecule has 146 valence electrons. The van der Waals surface area contributed by atoms with E-state index in [-0.39, 0.29) is 18.6 Å². The number of benzene rings is 1. The Labute approximate surface area is 173 Å². The summed E-state index contributed by atoms with van der Waals surface area (Å²) in [5.74, 6) is 1.43. The number of halogens is 1. The second kappa shape index (κ2) is 9.61. The minimum atomic E-state index is -0.123. The monoisotopic (exact) mass is 441 g/mol. The van der Waals surface area contributed by atoms with Crippen molar-refractivity contribution in [2.75, 3.05) is 17.2 Å². The van der Waals surface area contributed by atoms with Gasteiger partial charge in [-0.15, -0.1) is 0 Å². The molecule has 0 fully saturated rings. The Bertz CT molecular complexity index is 904. The Hall–Kier alpha value is -2.51. The van der Waals surface area contributed by atoms with Gasteiger partial charge in [0, 0.05) is 35.0 Å². The summed E-state index contributed by atoms with van der Waals surface area (Å²) < 4.78 is 1.04. The summed E-state index contributed by atoms with van der Waals surface area (Å²) in [4.78, 5) is 13.4. The van der Waals surface area contributed by atoms with E-state index in [1.165, 1.54) is 0 Å². The lowest BCUT2D eigenvalue weighted by atomic mass is 10.1. The summed E-state index contributed by atoms with van der Waals surface area (Å²) in [6.45, 7) is 4.74. The van der Waals surface area contributed by atoms with Gasteiger partial charge in [-0.3, -0.25) is 4.98 Å². The van der Waals surface area contributed by atoms with Gasteiger partial charge >= 0.3 is 0 Å². The molecular weight excluding hydrogens is 418 g/mol. The van der Waals surface area contributed by atoms with Crippen LogP contribution in [0.1, 0.15) is 19.4 Å². The molecule has 0 bridgehead atoms. The van der Waals surface area contributed by atoms with Crippen molar-refractivity contribution in [2.45, 2.75) is 26.4 Å². The highest BCUT2D eigenvalue weighted by Crippen LogP contribution is 2.22. The van der Waals surface area contributed by atoms with Crippen molar-refractivity contribution >= 4 is 27.7 Å². The molecule has 1 aromatic carbocycles. The number of hydrogen-bond donors (Lipinski definition) is 3. The first-order valence-corrected chi connectivity index (χ1v) is 9.99. The van der Waals surface area contributed by atoms with E-state index in [4.69, 9.17) is 0 Å². The summed E-state index contributed by atoms with van der Waals surface area (Å²) in [5.41, 5.74) is 2.81. The fourth-order valence-electron chi connectivity index (χ4n) is 2.69. The summed E-state index contributed by atoms with van der Waals surface area (Å²) in [7, 11) is 0. The van der Waals surface area contributed by atoms with Gasteiger partial charge in [0.25, 0.3) is 0 Å². The fourth-order valence-corrected chi connectivity index (χ4v) is 3.14. The average molecular weight is 442 g/mol. The van der Waals surface area contributed by atoms with Gasteiger partial charge in [0.15, 0.2) is 0 Å². The zero-order chi connectivity index (χ0) is 19.9. The van der Waals surface area contributed by atoms with Crippen molar-refractivity contribution in [3.8, 4) is 11.3 Å². The summed E-state index contributed by atoms with van der Waals surface area (Å²) in [6.07, 6.45) is 3.51. The normalized spacial score (nSPS) is 12.0. The van der Waals surface area contributed by atoms with Crippen molar-refractivity contribution < 1.29 is 5.11 Å². The van der Waals surface area contributed by atoms with E-state index in [2.05, 4.69) is 53.6 Å². The quantitative estimate of drug-likeness (QED) is 0.482. The van der Waals surface area contributed by atoms with Crippen molar-refractivity contribution in [1.29, 1.82) is 0 Å². The Kier molecular flexibility index (Phi) is 6.95. The lowest BCUT2D eigenvalue weighted by Gasteiger charge is -2.20. The molecule has 0 aliphatic heterocycles. The molecule has 2 heterocycles. The second-order valence-electron chi connectivity index (χ2n) is 6.86. The first-order valence-electron chi connectivity index (χ1n) is 9.20. The maximum absolute atomic E-state index is 9.64. The lowest BCUT2D eigenvalue weighted by molar-refractivity contribution is 0.248. The molecule has 0 aliphatic rings. The molecule has 0 aliphatic carbocycles. The second-order valence-corrected chi connectivity index (χ2v) is 7.78. The van der Waals surface area contributed by atoms with Gasteiger partial charge in [0.05, 0.1) is 18.3 Å². The van der Waals surface area contributed by atoms with Crippen molar-refractivity contribution in [1.82, 2.24) is 15.0 Å². The Morgan fingerprint density at radius 1 is 1.11 bits per heavy atom. The maximum Gasteiger partial charge on any atom is 0.225 e. The molecule has 3 rings (SSSR count). The Morgan fingerprint density at radius 3 is 2.64 bits per heavy atom. The lowest BCUT2D eigenvalue weighted by Crippen LogP contribution is -2.30. The van der Waals surface area contributed by atoms with Gasteiger partial charge < -0.3 is 15.7 Å². The zero-order valence-corrected chi connectivity index (χ0v) is 17.5. The van der Waals surface area contributed by atoms with E-state index in [0.29, 0.717) is 18.3 Å². The van der Waals surface area contributed by atoms with E-state index in [0.717, 1.165) is 21.3 Å². The third-order valence-electron chi connectivity index (χ3n) is 4.36. The molecule has 0 saturated heterocycles. The van der Waals surface area contributed by atoms with Crippen LogP contribution in [0.3, 0.4) is 0 Å². The topological polar surface area (TPSA) is 83.0 Å². The van der Waals surface area contributed by atoms with Crippen LogP contribution in [-0.2, 0) is 6.54 Å². The predicted octanol–water partition coefficient (Wildman–Crippen LogP) is 4.34. The highest BCUT2D eigenvalue weighted by atomic mass is 79.9. The molecule has 7 heteroatoms. The van der Waals surface area contributed by atoms with E-state index < -0.39 is 0 Å². The van der Waals surface area contributed by atoms with E-state index in [1.807, 2.05) is 44.2 Å². The number of pyridine rings is 1. The van der Waals surface area contributed by atoms with E-state index in [9.17, 15) is 5.11 Å². The van der Waals surface area contributed by atoms with Crippen LogP contribution in [-0.4, -0.2) is 32.7 Å². The van der Waals surface area contributed by atoms with Gasteiger partial charge in [0.2, 0.25) is 5.95 Å². The van der Waals surface area contributed by atoms with Gasteiger partial charge in [0.1, 0.15) is 5.82 Å². The van der Waals surface area contributed by atoms with Gasteiger partial charge in [-0.05, 0) is 35.7 Å². The van der Waals surface area contributed by atoms with Crippen molar-refractivity contribution in [2.24, 2.45) is 5.92 Å². The molecule has 0 spiro atoms. The number of hydrogen-bond acceptors (Lipinski definition) is 6. The number of nitrogens with one attached hydrogen (secondary N) is 2. The predicted molar refractivity (Wildman–Crippen MR) is 116 cm³/mol. The molecule has 2 aromatic heterocycles. The standard InChI is InChI=1S/C21H24BrN5O/c1-14(2)19(13-28)26-21-25-18(16-6-4-8-23-12-16)10-20(27-21)24-11-15-5-3-7-17(22)9-15/h3-10,12,14,19,28H,11,13H2,1-2H3,(H2,24,25,26,27)/t19-/m0/s1. The summed E-state index contributed by atoms with van der Waals surface area (Å²) >= 11 is 3.50. The molecule has 3 aromatic rings. The van der Waals surface area contributed by atoms with Gasteiger partial charge in [-0.2, -0.15) is 4.98 Å². The van der Waals surface area contributed by atoms with Crippen LogP contribution >= 0.6 is 15.9 Å². The third kappa shape index (κ3) is 5.50. The van der Waals surface area contributed by atoms with E-state index in [1.54, 1.807) is 12.4 Å². The first-order chi connectivity index (χ1) is 13.5. The van der Waals surface area contributed by atoms with E-state index >= 15 is 0 Å². The number of nitrogens with zero attached hydrogens (tertiary/aromatic N) is 3. The number of anilines is 2. The molecular formula is C21H24BrN5O. The first kappa shape index (κ1) is 20.2. The third-order valence-corrected chi connectivity index (χ3v) is 4.86. The molecule has 0 unspecified atom stereocenters. The molecule has 0 saturated carbocycles. The van der Waals surface area contributed by atoms with Crippen LogP contribution in [0, 0.1) is 5.92 Å². The molecule has 6 nitrogen and oxygen atoms in total. The molecule has 0 radical (unpaired) electrons. The van der Waals surface area contributed by atoms with Crippen LogP contribution in [0.2, 0.25) is 0 Å². The number of rotatable bonds is 8. The van der Waals surface area contributed by atoms with Crippen LogP contribution in [0.15, 0.2) is 59.3 Å². The molecule has 1 atom stereocenters. The zero-order valence-electron chi connectivity index (χ0n) is 15.9. The van der Waals surface area contributed by atoms with Crippen LogP contribution in [0.5, 0.6) is 0 Å². The summed E-state index contributed by atoms with van der Waals surface area (Å²) in [6, 6.07) is 13.7. The average Bonchev–Trinajstić information content (AvgIpc) is 2.71. The highest BCUT2D eigenvalue weighted by molar-refractivity contribution is 9.10. The van der Waals surface area contributed by atoms with Gasteiger partial charge in [-0.25, -0.2) is 4.98 Å². The van der Waals surface area contributed by atoms with Crippen molar-refractivity contribution in [3.63, 3.8) is 0 Å². The van der Waals surface area contributed by atoms with Crippen LogP contribution in [0.25, 0.3) is 11.3 Å². The maximum atomic E-state index is 9.64. The number of aliphatic hydroxyl groups is 1. The smallest absolute Gasteiger partial charge is 0.225 e. The minimum absolute atomic E-state index is 0.0128. The number of aliphatic hydroxyl groups excluding tert-OH is 1. The number of aromatic nitrogens is 3. The highest BCUT2D eigenvalue weighted by Gasteiger charge is 2.15. The Balaban J connectivity index is 1.88.